The predicted molar refractivity (Wildman–Crippen MR) is 70.5 cm³/mol. The standard InChI is InChI=1S/C10H11NO6S2/c1-19(16,17)6-5-18-9-7(10(12)13)3-2-4-8(9)11(14)15/h2-4H,5-6H2,1H3,(H,12,13). The molecule has 0 aliphatic heterocycles. The van der Waals surface area contributed by atoms with Crippen molar-refractivity contribution in [3.63, 3.8) is 0 Å². The number of nitrogens with zero attached hydrogens (tertiary/aromatic N) is 1. The molecule has 0 saturated heterocycles. The van der Waals surface area contributed by atoms with Gasteiger partial charge in [-0.3, -0.25) is 10.1 Å². The molecule has 0 aromatic heterocycles. The first kappa shape index (κ1) is 15.4. The van der Waals surface area contributed by atoms with Crippen molar-refractivity contribution in [2.24, 2.45) is 0 Å². The van der Waals surface area contributed by atoms with E-state index in [1.54, 1.807) is 0 Å². The van der Waals surface area contributed by atoms with Gasteiger partial charge in [0, 0.05) is 18.1 Å². The Bertz CT molecular complexity index is 578. The third kappa shape index (κ3) is 4.52. The fraction of sp³-hybridized carbons (Fsp3) is 0.300. The van der Waals surface area contributed by atoms with Gasteiger partial charge in [0.05, 0.1) is 21.1 Å². The van der Waals surface area contributed by atoms with Gasteiger partial charge in [-0.15, -0.1) is 11.8 Å². The molecule has 104 valence electrons. The average Bonchev–Trinajstić information content (AvgIpc) is 2.26. The van der Waals surface area contributed by atoms with Gasteiger partial charge < -0.3 is 5.11 Å². The van der Waals surface area contributed by atoms with Gasteiger partial charge in [-0.1, -0.05) is 6.07 Å². The quantitative estimate of drug-likeness (QED) is 0.480. The first-order chi connectivity index (χ1) is 8.72. The van der Waals surface area contributed by atoms with Crippen LogP contribution in [0.4, 0.5) is 5.69 Å². The molecule has 0 aliphatic rings. The molecule has 0 bridgehead atoms. The molecular formula is C10H11NO6S2. The highest BCUT2D eigenvalue weighted by Gasteiger charge is 2.21. The van der Waals surface area contributed by atoms with E-state index in [1.807, 2.05) is 0 Å². The highest BCUT2D eigenvalue weighted by atomic mass is 32.2. The smallest absolute Gasteiger partial charge is 0.337 e. The molecule has 0 saturated carbocycles. The van der Waals surface area contributed by atoms with Crippen LogP contribution in [0.2, 0.25) is 0 Å². The van der Waals surface area contributed by atoms with Crippen LogP contribution in [0.3, 0.4) is 0 Å². The Labute approximate surface area is 113 Å². The fourth-order valence-corrected chi connectivity index (χ4v) is 3.63. The minimum Gasteiger partial charge on any atom is -0.478 e. The summed E-state index contributed by atoms with van der Waals surface area (Å²) in [5.74, 6) is -1.40. The summed E-state index contributed by atoms with van der Waals surface area (Å²) in [7, 11) is -3.20. The maximum atomic E-state index is 11.0. The fourth-order valence-electron chi connectivity index (χ4n) is 1.28. The summed E-state index contributed by atoms with van der Waals surface area (Å²) in [6.07, 6.45) is 1.05. The topological polar surface area (TPSA) is 115 Å². The minimum atomic E-state index is -3.20. The molecule has 1 rings (SSSR count). The Kier molecular flexibility index (Phi) is 4.90. The van der Waals surface area contributed by atoms with Gasteiger partial charge in [0.25, 0.3) is 5.69 Å². The first-order valence-corrected chi connectivity index (χ1v) is 8.08. The van der Waals surface area contributed by atoms with Gasteiger partial charge in [-0.25, -0.2) is 13.2 Å². The van der Waals surface area contributed by atoms with Crippen molar-refractivity contribution in [2.45, 2.75) is 4.90 Å². The van der Waals surface area contributed by atoms with E-state index >= 15 is 0 Å². The average molecular weight is 305 g/mol. The number of rotatable bonds is 6. The Morgan fingerprint density at radius 2 is 2.11 bits per heavy atom. The van der Waals surface area contributed by atoms with Crippen LogP contribution in [0.25, 0.3) is 0 Å². The number of nitro groups is 1. The number of hydrogen-bond donors (Lipinski definition) is 1. The van der Waals surface area contributed by atoms with Crippen molar-refractivity contribution in [1.82, 2.24) is 0 Å². The number of carboxylic acid groups (broad SMARTS) is 1. The lowest BCUT2D eigenvalue weighted by molar-refractivity contribution is -0.387. The van der Waals surface area contributed by atoms with Gasteiger partial charge in [0.15, 0.2) is 0 Å². The summed E-state index contributed by atoms with van der Waals surface area (Å²) in [6.45, 7) is 0. The lowest BCUT2D eigenvalue weighted by Gasteiger charge is -2.06. The number of nitro benzene ring substituents is 1. The maximum Gasteiger partial charge on any atom is 0.337 e. The maximum absolute atomic E-state index is 11.0. The first-order valence-electron chi connectivity index (χ1n) is 5.03. The number of aromatic carboxylic acids is 1. The number of carbonyl (C=O) groups is 1. The Morgan fingerprint density at radius 1 is 1.47 bits per heavy atom. The van der Waals surface area contributed by atoms with E-state index in [9.17, 15) is 23.3 Å². The normalized spacial score (nSPS) is 11.2. The molecule has 1 aromatic carbocycles. The van der Waals surface area contributed by atoms with Crippen LogP contribution in [0.1, 0.15) is 10.4 Å². The van der Waals surface area contributed by atoms with E-state index in [2.05, 4.69) is 0 Å². The van der Waals surface area contributed by atoms with Gasteiger partial charge >= 0.3 is 5.97 Å². The third-order valence-electron chi connectivity index (χ3n) is 2.12. The highest BCUT2D eigenvalue weighted by Crippen LogP contribution is 2.32. The van der Waals surface area contributed by atoms with Crippen LogP contribution in [0.15, 0.2) is 23.1 Å². The summed E-state index contributed by atoms with van der Waals surface area (Å²) in [4.78, 5) is 21.1. The molecule has 0 fully saturated rings. The molecule has 0 aliphatic carbocycles. The molecule has 19 heavy (non-hydrogen) atoms. The van der Waals surface area contributed by atoms with Crippen molar-refractivity contribution in [1.29, 1.82) is 0 Å². The summed E-state index contributed by atoms with van der Waals surface area (Å²) in [5.41, 5.74) is -0.536. The second-order valence-corrected chi connectivity index (χ2v) is 7.06. The molecule has 0 amide bonds. The molecule has 0 unspecified atom stereocenters. The molecule has 0 spiro atoms. The van der Waals surface area contributed by atoms with E-state index in [0.717, 1.165) is 18.0 Å². The predicted octanol–water partition coefficient (Wildman–Crippen LogP) is 1.43. The van der Waals surface area contributed by atoms with E-state index in [1.165, 1.54) is 18.2 Å². The van der Waals surface area contributed by atoms with E-state index in [0.29, 0.717) is 0 Å². The van der Waals surface area contributed by atoms with Gasteiger partial charge in [0.1, 0.15) is 9.84 Å². The SMILES string of the molecule is CS(=O)(=O)CCSc1c(C(=O)O)cccc1[N+](=O)[O-]. The van der Waals surface area contributed by atoms with E-state index < -0.39 is 20.7 Å². The Balaban J connectivity index is 3.08. The summed E-state index contributed by atoms with van der Waals surface area (Å²) < 4.78 is 22.0. The van der Waals surface area contributed by atoms with Crippen molar-refractivity contribution in [3.8, 4) is 0 Å². The summed E-state index contributed by atoms with van der Waals surface area (Å²) in [6, 6.07) is 3.72. The molecule has 7 nitrogen and oxygen atoms in total. The zero-order valence-electron chi connectivity index (χ0n) is 9.90. The van der Waals surface area contributed by atoms with Crippen LogP contribution < -0.4 is 0 Å². The zero-order chi connectivity index (χ0) is 14.6. The van der Waals surface area contributed by atoms with E-state index in [4.69, 9.17) is 5.11 Å². The van der Waals surface area contributed by atoms with Gasteiger partial charge in [0.2, 0.25) is 0 Å². The minimum absolute atomic E-state index is 0.0244. The molecular weight excluding hydrogens is 294 g/mol. The van der Waals surface area contributed by atoms with Crippen molar-refractivity contribution in [2.75, 3.05) is 17.8 Å². The van der Waals surface area contributed by atoms with Gasteiger partial charge in [-0.2, -0.15) is 0 Å². The third-order valence-corrected chi connectivity index (χ3v) is 4.45. The molecule has 0 radical (unpaired) electrons. The zero-order valence-corrected chi connectivity index (χ0v) is 11.5. The monoisotopic (exact) mass is 305 g/mol. The molecule has 1 aromatic rings. The van der Waals surface area contributed by atoms with Crippen LogP contribution in [0.5, 0.6) is 0 Å². The largest absolute Gasteiger partial charge is 0.478 e. The molecule has 0 heterocycles. The Hall–Kier alpha value is -1.61. The number of carboxylic acids is 1. The van der Waals surface area contributed by atoms with Crippen molar-refractivity contribution < 1.29 is 23.2 Å². The lowest BCUT2D eigenvalue weighted by Crippen LogP contribution is -2.07. The van der Waals surface area contributed by atoms with Crippen molar-refractivity contribution in [3.05, 3.63) is 33.9 Å². The molecule has 1 N–H and O–H groups in total. The van der Waals surface area contributed by atoms with E-state index in [-0.39, 0.29) is 27.7 Å². The van der Waals surface area contributed by atoms with Crippen LogP contribution in [0, 0.1) is 10.1 Å². The van der Waals surface area contributed by atoms with Gasteiger partial charge in [-0.05, 0) is 6.07 Å². The Morgan fingerprint density at radius 3 is 2.58 bits per heavy atom. The number of benzene rings is 1. The highest BCUT2D eigenvalue weighted by molar-refractivity contribution is 8.00. The summed E-state index contributed by atoms with van der Waals surface area (Å²) >= 11 is 0.856. The molecule has 0 atom stereocenters. The lowest BCUT2D eigenvalue weighted by atomic mass is 10.2. The summed E-state index contributed by atoms with van der Waals surface area (Å²) in [5, 5.41) is 19.8. The molecule has 9 heteroatoms. The van der Waals surface area contributed by atoms with Crippen LogP contribution in [-0.4, -0.2) is 42.2 Å². The second-order valence-electron chi connectivity index (χ2n) is 3.69. The van der Waals surface area contributed by atoms with Crippen LogP contribution >= 0.6 is 11.8 Å². The number of sulfone groups is 1. The number of hydrogen-bond acceptors (Lipinski definition) is 6. The van der Waals surface area contributed by atoms with Crippen LogP contribution in [-0.2, 0) is 9.84 Å². The number of thioether (sulfide) groups is 1. The second kappa shape index (κ2) is 6.02. The van der Waals surface area contributed by atoms with Crippen molar-refractivity contribution >= 4 is 33.3 Å².